The number of amides is 2. The van der Waals surface area contributed by atoms with Crippen molar-refractivity contribution in [1.29, 1.82) is 0 Å². The zero-order valence-electron chi connectivity index (χ0n) is 12.2. The number of aliphatic carboxylic acids is 1. The van der Waals surface area contributed by atoms with Gasteiger partial charge in [0.05, 0.1) is 0 Å². The Hall–Kier alpha value is -1.26. The molecule has 1 saturated heterocycles. The number of hydrogen-bond acceptors (Lipinski definition) is 2. The van der Waals surface area contributed by atoms with E-state index in [9.17, 15) is 14.7 Å². The van der Waals surface area contributed by atoms with E-state index in [2.05, 4.69) is 12.2 Å². The van der Waals surface area contributed by atoms with Crippen LogP contribution in [0.5, 0.6) is 0 Å². The molecular formula is C14H26N2O3. The van der Waals surface area contributed by atoms with E-state index >= 15 is 0 Å². The summed E-state index contributed by atoms with van der Waals surface area (Å²) < 4.78 is 0. The molecule has 0 spiro atoms. The van der Waals surface area contributed by atoms with Crippen LogP contribution in [0.4, 0.5) is 4.79 Å². The molecule has 110 valence electrons. The molecule has 1 atom stereocenters. The van der Waals surface area contributed by atoms with Crippen LogP contribution in [0.1, 0.15) is 52.9 Å². The van der Waals surface area contributed by atoms with Crippen LogP contribution in [0.3, 0.4) is 0 Å². The van der Waals surface area contributed by atoms with E-state index in [0.29, 0.717) is 18.8 Å². The van der Waals surface area contributed by atoms with Gasteiger partial charge >= 0.3 is 12.0 Å². The van der Waals surface area contributed by atoms with Crippen LogP contribution < -0.4 is 5.32 Å². The molecule has 1 fully saturated rings. The molecule has 0 aliphatic carbocycles. The van der Waals surface area contributed by atoms with Gasteiger partial charge in [-0.05, 0) is 31.6 Å². The summed E-state index contributed by atoms with van der Waals surface area (Å²) in [5.41, 5.74) is -1.13. The lowest BCUT2D eigenvalue weighted by Gasteiger charge is -2.30. The number of carboxylic acids is 1. The number of carboxylic acid groups (broad SMARTS) is 1. The first kappa shape index (κ1) is 15.8. The summed E-state index contributed by atoms with van der Waals surface area (Å²) in [7, 11) is 0. The molecule has 2 amide bonds. The van der Waals surface area contributed by atoms with Crippen molar-refractivity contribution in [2.24, 2.45) is 5.92 Å². The predicted molar refractivity (Wildman–Crippen MR) is 74.1 cm³/mol. The topological polar surface area (TPSA) is 69.6 Å². The van der Waals surface area contributed by atoms with Crippen LogP contribution in [-0.4, -0.2) is 40.6 Å². The minimum atomic E-state index is -1.13. The first-order chi connectivity index (χ1) is 8.99. The van der Waals surface area contributed by atoms with Crippen molar-refractivity contribution in [1.82, 2.24) is 10.2 Å². The smallest absolute Gasteiger partial charge is 0.329 e. The Morgan fingerprint density at radius 1 is 1.32 bits per heavy atom. The summed E-state index contributed by atoms with van der Waals surface area (Å²) in [6.45, 7) is 7.22. The van der Waals surface area contributed by atoms with E-state index in [4.69, 9.17) is 0 Å². The SMILES string of the molecule is CCCC1CCN(C(=O)NC(CC)(CC)C(=O)O)C1. The second-order valence-electron chi connectivity index (χ2n) is 5.41. The summed E-state index contributed by atoms with van der Waals surface area (Å²) >= 11 is 0. The van der Waals surface area contributed by atoms with Gasteiger partial charge in [0.15, 0.2) is 0 Å². The molecule has 0 aromatic heterocycles. The molecule has 0 aromatic carbocycles. The summed E-state index contributed by atoms with van der Waals surface area (Å²) in [5.74, 6) is -0.381. The number of likely N-dealkylation sites (tertiary alicyclic amines) is 1. The number of rotatable bonds is 6. The Labute approximate surface area is 115 Å². The van der Waals surface area contributed by atoms with Crippen molar-refractivity contribution in [3.8, 4) is 0 Å². The lowest BCUT2D eigenvalue weighted by atomic mass is 9.93. The van der Waals surface area contributed by atoms with Crippen molar-refractivity contribution >= 4 is 12.0 Å². The fourth-order valence-electron chi connectivity index (χ4n) is 2.73. The summed E-state index contributed by atoms with van der Waals surface area (Å²) in [4.78, 5) is 25.3. The minimum absolute atomic E-state index is 0.232. The maximum absolute atomic E-state index is 12.2. The first-order valence-corrected chi connectivity index (χ1v) is 7.29. The highest BCUT2D eigenvalue weighted by Gasteiger charge is 2.38. The van der Waals surface area contributed by atoms with Crippen LogP contribution in [0.15, 0.2) is 0 Å². The second kappa shape index (κ2) is 6.78. The van der Waals surface area contributed by atoms with Crippen molar-refractivity contribution in [2.45, 2.75) is 58.4 Å². The maximum Gasteiger partial charge on any atom is 0.329 e. The highest BCUT2D eigenvalue weighted by atomic mass is 16.4. The quantitative estimate of drug-likeness (QED) is 0.779. The summed E-state index contributed by atoms with van der Waals surface area (Å²) in [6, 6.07) is -0.232. The molecule has 2 N–H and O–H groups in total. The summed E-state index contributed by atoms with van der Waals surface area (Å²) in [6.07, 6.45) is 4.09. The summed E-state index contributed by atoms with van der Waals surface area (Å²) in [5, 5.41) is 12.0. The number of nitrogens with zero attached hydrogens (tertiary/aromatic N) is 1. The third-order valence-corrected chi connectivity index (χ3v) is 4.23. The fraction of sp³-hybridized carbons (Fsp3) is 0.857. The average Bonchev–Trinajstić information content (AvgIpc) is 2.84. The zero-order valence-corrected chi connectivity index (χ0v) is 12.2. The predicted octanol–water partition coefficient (Wildman–Crippen LogP) is 2.46. The molecule has 1 rings (SSSR count). The van der Waals surface area contributed by atoms with Crippen molar-refractivity contribution in [3.63, 3.8) is 0 Å². The van der Waals surface area contributed by atoms with Gasteiger partial charge in [0.1, 0.15) is 5.54 Å². The van der Waals surface area contributed by atoms with E-state index in [1.807, 2.05) is 0 Å². The number of hydrogen-bond donors (Lipinski definition) is 2. The number of carbonyl (C=O) groups is 2. The van der Waals surface area contributed by atoms with Crippen LogP contribution in [0, 0.1) is 5.92 Å². The van der Waals surface area contributed by atoms with Gasteiger partial charge in [-0.15, -0.1) is 0 Å². The molecule has 0 aromatic rings. The van der Waals surface area contributed by atoms with Crippen LogP contribution in [-0.2, 0) is 4.79 Å². The van der Waals surface area contributed by atoms with Gasteiger partial charge in [0, 0.05) is 13.1 Å². The van der Waals surface area contributed by atoms with Gasteiger partial charge in [-0.3, -0.25) is 0 Å². The van der Waals surface area contributed by atoms with Crippen LogP contribution in [0.2, 0.25) is 0 Å². The highest BCUT2D eigenvalue weighted by molar-refractivity contribution is 5.86. The van der Waals surface area contributed by atoms with E-state index in [1.165, 1.54) is 0 Å². The van der Waals surface area contributed by atoms with E-state index < -0.39 is 11.5 Å². The van der Waals surface area contributed by atoms with Crippen molar-refractivity contribution in [3.05, 3.63) is 0 Å². The van der Waals surface area contributed by atoms with Crippen molar-refractivity contribution in [2.75, 3.05) is 13.1 Å². The lowest BCUT2D eigenvalue weighted by molar-refractivity contribution is -0.144. The van der Waals surface area contributed by atoms with Gasteiger partial charge in [0.2, 0.25) is 0 Å². The monoisotopic (exact) mass is 270 g/mol. The van der Waals surface area contributed by atoms with E-state index in [1.54, 1.807) is 18.7 Å². The van der Waals surface area contributed by atoms with Gasteiger partial charge in [0.25, 0.3) is 0 Å². The minimum Gasteiger partial charge on any atom is -0.480 e. The standard InChI is InChI=1S/C14H26N2O3/c1-4-7-11-8-9-16(10-11)13(19)15-14(5-2,6-3)12(17)18/h11H,4-10H2,1-3H3,(H,15,19)(H,17,18). The molecule has 1 aliphatic heterocycles. The zero-order chi connectivity index (χ0) is 14.5. The highest BCUT2D eigenvalue weighted by Crippen LogP contribution is 2.22. The third kappa shape index (κ3) is 3.61. The Bertz CT molecular complexity index is 327. The largest absolute Gasteiger partial charge is 0.480 e. The lowest BCUT2D eigenvalue weighted by Crippen LogP contribution is -2.57. The molecule has 5 nitrogen and oxygen atoms in total. The molecule has 5 heteroatoms. The average molecular weight is 270 g/mol. The van der Waals surface area contributed by atoms with Gasteiger partial charge in [-0.1, -0.05) is 27.2 Å². The molecular weight excluding hydrogens is 244 g/mol. The molecule has 1 unspecified atom stereocenters. The van der Waals surface area contributed by atoms with E-state index in [-0.39, 0.29) is 6.03 Å². The van der Waals surface area contributed by atoms with E-state index in [0.717, 1.165) is 32.4 Å². The fourth-order valence-corrected chi connectivity index (χ4v) is 2.73. The molecule has 19 heavy (non-hydrogen) atoms. The van der Waals surface area contributed by atoms with Crippen LogP contribution >= 0.6 is 0 Å². The maximum atomic E-state index is 12.2. The molecule has 0 saturated carbocycles. The normalized spacial score (nSPS) is 19.5. The first-order valence-electron chi connectivity index (χ1n) is 7.29. The second-order valence-corrected chi connectivity index (χ2v) is 5.41. The molecule has 1 aliphatic rings. The third-order valence-electron chi connectivity index (χ3n) is 4.23. The Morgan fingerprint density at radius 3 is 2.42 bits per heavy atom. The van der Waals surface area contributed by atoms with Gasteiger partial charge in [-0.25, -0.2) is 9.59 Å². The number of nitrogens with one attached hydrogen (secondary N) is 1. The van der Waals surface area contributed by atoms with Gasteiger partial charge in [-0.2, -0.15) is 0 Å². The number of urea groups is 1. The Morgan fingerprint density at radius 2 is 1.95 bits per heavy atom. The van der Waals surface area contributed by atoms with Crippen molar-refractivity contribution < 1.29 is 14.7 Å². The van der Waals surface area contributed by atoms with Crippen LogP contribution in [0.25, 0.3) is 0 Å². The molecule has 1 heterocycles. The Kier molecular flexibility index (Phi) is 5.63. The Balaban J connectivity index is 2.61. The molecule has 0 radical (unpaired) electrons. The molecule has 0 bridgehead atoms. The van der Waals surface area contributed by atoms with Gasteiger partial charge < -0.3 is 15.3 Å². The number of carbonyl (C=O) groups excluding carboxylic acids is 1.